The van der Waals surface area contributed by atoms with E-state index in [2.05, 4.69) is 22.0 Å². The topological polar surface area (TPSA) is 29.5 Å². The predicted octanol–water partition coefficient (Wildman–Crippen LogP) is 3.75. The first-order valence-corrected chi connectivity index (χ1v) is 6.49. The molecule has 0 saturated carbocycles. The Morgan fingerprint density at radius 3 is 2.76 bits per heavy atom. The summed E-state index contributed by atoms with van der Waals surface area (Å²) >= 11 is 3.55. The minimum absolute atomic E-state index is 0.327. The van der Waals surface area contributed by atoms with Crippen molar-refractivity contribution < 1.29 is 9.84 Å². The van der Waals surface area contributed by atoms with E-state index in [0.29, 0.717) is 13.0 Å². The van der Waals surface area contributed by atoms with Crippen molar-refractivity contribution in [2.45, 2.75) is 19.4 Å². The summed E-state index contributed by atoms with van der Waals surface area (Å²) in [7, 11) is 0. The zero-order chi connectivity index (χ0) is 12.3. The average molecular weight is 295 g/mol. The number of fused-ring (bicyclic) bond motifs is 1. The van der Waals surface area contributed by atoms with Gasteiger partial charge >= 0.3 is 0 Å². The van der Waals surface area contributed by atoms with Gasteiger partial charge in [-0.05, 0) is 39.2 Å². The lowest BCUT2D eigenvalue weighted by Crippen LogP contribution is -2.16. The number of hydrogen-bond acceptors (Lipinski definition) is 2. The third-order valence-electron chi connectivity index (χ3n) is 2.73. The van der Waals surface area contributed by atoms with Gasteiger partial charge in [-0.3, -0.25) is 0 Å². The van der Waals surface area contributed by atoms with Gasteiger partial charge in [0.2, 0.25) is 0 Å². The number of ether oxygens (including phenoxy) is 1. The van der Waals surface area contributed by atoms with Gasteiger partial charge < -0.3 is 9.84 Å². The van der Waals surface area contributed by atoms with Crippen LogP contribution in [0.3, 0.4) is 0 Å². The van der Waals surface area contributed by atoms with Crippen LogP contribution in [-0.2, 0) is 0 Å². The van der Waals surface area contributed by atoms with Crippen LogP contribution < -0.4 is 4.74 Å². The van der Waals surface area contributed by atoms with Crippen LogP contribution in [0.1, 0.15) is 13.3 Å². The highest BCUT2D eigenvalue weighted by Crippen LogP contribution is 2.33. The molecule has 2 aromatic rings. The number of halogens is 1. The maximum absolute atomic E-state index is 9.48. The molecule has 0 aliphatic carbocycles. The molecule has 1 unspecified atom stereocenters. The molecule has 0 aromatic heterocycles. The molecule has 0 heterocycles. The van der Waals surface area contributed by atoms with Gasteiger partial charge in [-0.25, -0.2) is 0 Å². The summed E-state index contributed by atoms with van der Waals surface area (Å²) in [6.07, 6.45) is 0.291. The van der Waals surface area contributed by atoms with Crippen molar-refractivity contribution in [1.29, 1.82) is 0 Å². The van der Waals surface area contributed by atoms with Gasteiger partial charge in [0.15, 0.2) is 0 Å². The normalized spacial score (nSPS) is 12.6. The Morgan fingerprint density at radius 2 is 2.00 bits per heavy atom. The molecule has 1 atom stereocenters. The SMILES string of the molecule is CCC(O)COc1ccc2ccccc2c1Br. The number of rotatable bonds is 4. The molecule has 0 saturated heterocycles. The summed E-state index contributed by atoms with van der Waals surface area (Å²) in [5.41, 5.74) is 0. The maximum Gasteiger partial charge on any atom is 0.134 e. The van der Waals surface area contributed by atoms with Crippen LogP contribution >= 0.6 is 15.9 Å². The third-order valence-corrected chi connectivity index (χ3v) is 3.55. The minimum Gasteiger partial charge on any atom is -0.490 e. The van der Waals surface area contributed by atoms with E-state index < -0.39 is 6.10 Å². The molecule has 2 rings (SSSR count). The van der Waals surface area contributed by atoms with Crippen LogP contribution in [-0.4, -0.2) is 17.8 Å². The van der Waals surface area contributed by atoms with Crippen LogP contribution in [0, 0.1) is 0 Å². The number of hydrogen-bond donors (Lipinski definition) is 1. The predicted molar refractivity (Wildman–Crippen MR) is 73.4 cm³/mol. The van der Waals surface area contributed by atoms with E-state index in [1.54, 1.807) is 0 Å². The summed E-state index contributed by atoms with van der Waals surface area (Å²) in [5.74, 6) is 0.774. The molecule has 90 valence electrons. The van der Waals surface area contributed by atoms with E-state index in [9.17, 15) is 5.11 Å². The average Bonchev–Trinajstić information content (AvgIpc) is 2.38. The fourth-order valence-corrected chi connectivity index (χ4v) is 2.24. The van der Waals surface area contributed by atoms with Gasteiger partial charge in [-0.15, -0.1) is 0 Å². The molecule has 0 aliphatic rings. The number of aliphatic hydroxyl groups is 1. The molecule has 0 radical (unpaired) electrons. The number of benzene rings is 2. The Hall–Kier alpha value is -1.06. The summed E-state index contributed by atoms with van der Waals surface area (Å²) in [6, 6.07) is 12.1. The molecule has 0 spiro atoms. The van der Waals surface area contributed by atoms with Crippen LogP contribution in [0.15, 0.2) is 40.9 Å². The summed E-state index contributed by atoms with van der Waals surface area (Å²) in [5, 5.41) is 11.8. The van der Waals surface area contributed by atoms with Crippen molar-refractivity contribution in [1.82, 2.24) is 0 Å². The van der Waals surface area contributed by atoms with Gasteiger partial charge in [0, 0.05) is 0 Å². The molecule has 3 heteroatoms. The monoisotopic (exact) mass is 294 g/mol. The molecule has 2 nitrogen and oxygen atoms in total. The standard InChI is InChI=1S/C14H15BrO2/c1-2-11(16)9-17-13-8-7-10-5-3-4-6-12(10)14(13)15/h3-8,11,16H,2,9H2,1H3. The first-order chi connectivity index (χ1) is 8.22. The van der Waals surface area contributed by atoms with Crippen molar-refractivity contribution in [3.63, 3.8) is 0 Å². The fraction of sp³-hybridized carbons (Fsp3) is 0.286. The molecule has 0 aliphatic heterocycles. The van der Waals surface area contributed by atoms with E-state index in [1.165, 1.54) is 5.39 Å². The van der Waals surface area contributed by atoms with E-state index in [4.69, 9.17) is 4.74 Å². The summed E-state index contributed by atoms with van der Waals surface area (Å²) in [6.45, 7) is 2.26. The van der Waals surface area contributed by atoms with Crippen LogP contribution in [0.25, 0.3) is 10.8 Å². The van der Waals surface area contributed by atoms with Crippen molar-refractivity contribution in [2.75, 3.05) is 6.61 Å². The summed E-state index contributed by atoms with van der Waals surface area (Å²) in [4.78, 5) is 0. The van der Waals surface area contributed by atoms with Crippen LogP contribution in [0.4, 0.5) is 0 Å². The molecule has 17 heavy (non-hydrogen) atoms. The van der Waals surface area contributed by atoms with E-state index >= 15 is 0 Å². The molecule has 0 fully saturated rings. The van der Waals surface area contributed by atoms with Crippen LogP contribution in [0.5, 0.6) is 5.75 Å². The highest BCUT2D eigenvalue weighted by Gasteiger charge is 2.07. The Balaban J connectivity index is 2.26. The zero-order valence-corrected chi connectivity index (χ0v) is 11.3. The van der Waals surface area contributed by atoms with Crippen LogP contribution in [0.2, 0.25) is 0 Å². The van der Waals surface area contributed by atoms with Crippen molar-refractivity contribution in [3.8, 4) is 5.75 Å². The third kappa shape index (κ3) is 2.79. The first-order valence-electron chi connectivity index (χ1n) is 5.70. The smallest absolute Gasteiger partial charge is 0.134 e. The van der Waals surface area contributed by atoms with E-state index in [0.717, 1.165) is 15.6 Å². The second-order valence-corrected chi connectivity index (χ2v) is 4.76. The quantitative estimate of drug-likeness (QED) is 0.930. The number of aliphatic hydroxyl groups excluding tert-OH is 1. The molecule has 2 aromatic carbocycles. The van der Waals surface area contributed by atoms with Gasteiger partial charge in [0.1, 0.15) is 12.4 Å². The Labute approximate surface area is 109 Å². The Morgan fingerprint density at radius 1 is 1.24 bits per heavy atom. The second-order valence-electron chi connectivity index (χ2n) is 3.97. The van der Waals surface area contributed by atoms with E-state index in [1.807, 2.05) is 37.3 Å². The van der Waals surface area contributed by atoms with Crippen molar-refractivity contribution >= 4 is 26.7 Å². The largest absolute Gasteiger partial charge is 0.490 e. The van der Waals surface area contributed by atoms with Gasteiger partial charge in [0.05, 0.1) is 10.6 Å². The summed E-state index contributed by atoms with van der Waals surface area (Å²) < 4.78 is 6.54. The highest BCUT2D eigenvalue weighted by atomic mass is 79.9. The fourth-order valence-electron chi connectivity index (χ4n) is 1.63. The highest BCUT2D eigenvalue weighted by molar-refractivity contribution is 9.10. The Bertz CT molecular complexity index is 511. The van der Waals surface area contributed by atoms with Gasteiger partial charge in [-0.1, -0.05) is 37.3 Å². The molecular weight excluding hydrogens is 280 g/mol. The maximum atomic E-state index is 9.48. The van der Waals surface area contributed by atoms with Gasteiger partial charge in [0.25, 0.3) is 0 Å². The van der Waals surface area contributed by atoms with Crippen molar-refractivity contribution in [2.24, 2.45) is 0 Å². The molecule has 1 N–H and O–H groups in total. The molecular formula is C14H15BrO2. The van der Waals surface area contributed by atoms with Crippen molar-refractivity contribution in [3.05, 3.63) is 40.9 Å². The minimum atomic E-state index is -0.409. The lowest BCUT2D eigenvalue weighted by Gasteiger charge is -2.12. The van der Waals surface area contributed by atoms with E-state index in [-0.39, 0.29) is 0 Å². The lowest BCUT2D eigenvalue weighted by atomic mass is 10.1. The molecule has 0 bridgehead atoms. The molecule has 0 amide bonds. The van der Waals surface area contributed by atoms with Gasteiger partial charge in [-0.2, -0.15) is 0 Å². The Kier molecular flexibility index (Phi) is 4.02. The second kappa shape index (κ2) is 5.52. The first kappa shape index (κ1) is 12.4. The zero-order valence-electron chi connectivity index (χ0n) is 9.69. The lowest BCUT2D eigenvalue weighted by molar-refractivity contribution is 0.104.